The number of nitrogens with zero attached hydrogens (tertiary/aromatic N) is 1. The molecule has 3 rings (SSSR count). The minimum Gasteiger partial charge on any atom is -0.309 e. The Kier molecular flexibility index (Phi) is 3.92. The van der Waals surface area contributed by atoms with Crippen LogP contribution in [0.15, 0.2) is 42.5 Å². The molecule has 0 unspecified atom stereocenters. The Morgan fingerprint density at radius 1 is 1.14 bits per heavy atom. The molecule has 0 radical (unpaired) electrons. The number of anilines is 1. The molecule has 1 aromatic heterocycles. The van der Waals surface area contributed by atoms with Crippen LogP contribution < -0.4 is 5.32 Å². The first-order valence-electron chi connectivity index (χ1n) is 7.52. The van der Waals surface area contributed by atoms with Gasteiger partial charge in [0.15, 0.2) is 5.82 Å². The number of rotatable bonds is 4. The third-order valence-electron chi connectivity index (χ3n) is 3.68. The molecule has 4 heteroatoms. The number of carbonyl (C=O) groups is 1. The topological polar surface area (TPSA) is 57.8 Å². The lowest BCUT2D eigenvalue weighted by Gasteiger charge is -2.04. The lowest BCUT2D eigenvalue weighted by Crippen LogP contribution is -2.10. The largest absolute Gasteiger partial charge is 0.309 e. The van der Waals surface area contributed by atoms with Gasteiger partial charge in [0.05, 0.1) is 5.52 Å². The number of carbonyl (C=O) groups excluding carboxylic acids is 1. The van der Waals surface area contributed by atoms with Crippen LogP contribution in [0.2, 0.25) is 0 Å². The van der Waals surface area contributed by atoms with Gasteiger partial charge in [-0.15, -0.1) is 0 Å². The zero-order chi connectivity index (χ0) is 15.5. The van der Waals surface area contributed by atoms with Crippen molar-refractivity contribution in [3.63, 3.8) is 0 Å². The maximum atomic E-state index is 11.7. The third-order valence-corrected chi connectivity index (χ3v) is 3.68. The van der Waals surface area contributed by atoms with Gasteiger partial charge in [-0.3, -0.25) is 9.89 Å². The summed E-state index contributed by atoms with van der Waals surface area (Å²) in [6.07, 6.45) is 1.33. The van der Waals surface area contributed by atoms with Crippen molar-refractivity contribution in [3.8, 4) is 11.1 Å². The van der Waals surface area contributed by atoms with Gasteiger partial charge in [0, 0.05) is 11.8 Å². The van der Waals surface area contributed by atoms with Crippen molar-refractivity contribution < 1.29 is 4.79 Å². The van der Waals surface area contributed by atoms with Crippen LogP contribution in [0.5, 0.6) is 0 Å². The number of fused-ring (bicyclic) bond motifs is 1. The van der Waals surface area contributed by atoms with Gasteiger partial charge in [-0.05, 0) is 36.6 Å². The molecule has 0 aliphatic heterocycles. The van der Waals surface area contributed by atoms with Crippen LogP contribution in [0.25, 0.3) is 22.0 Å². The van der Waals surface area contributed by atoms with Gasteiger partial charge >= 0.3 is 0 Å². The van der Waals surface area contributed by atoms with E-state index in [0.29, 0.717) is 12.2 Å². The van der Waals surface area contributed by atoms with Crippen LogP contribution in [0.1, 0.15) is 25.3 Å². The van der Waals surface area contributed by atoms with Gasteiger partial charge in [-0.25, -0.2) is 0 Å². The highest BCUT2D eigenvalue weighted by Crippen LogP contribution is 2.27. The van der Waals surface area contributed by atoms with Crippen molar-refractivity contribution in [2.75, 3.05) is 5.32 Å². The van der Waals surface area contributed by atoms with Crippen LogP contribution in [0.3, 0.4) is 0 Å². The highest BCUT2D eigenvalue weighted by Gasteiger charge is 2.09. The smallest absolute Gasteiger partial charge is 0.225 e. The number of nitrogens with one attached hydrogen (secondary N) is 2. The van der Waals surface area contributed by atoms with Crippen LogP contribution in [-0.4, -0.2) is 16.1 Å². The van der Waals surface area contributed by atoms with Gasteiger partial charge in [0.25, 0.3) is 0 Å². The Hall–Kier alpha value is -2.62. The molecule has 0 bridgehead atoms. The fraction of sp³-hybridized carbons (Fsp3) is 0.222. The van der Waals surface area contributed by atoms with E-state index in [0.717, 1.165) is 22.9 Å². The highest BCUT2D eigenvalue weighted by atomic mass is 16.1. The first-order chi connectivity index (χ1) is 10.7. The van der Waals surface area contributed by atoms with Crippen molar-refractivity contribution in [2.45, 2.75) is 26.7 Å². The molecule has 4 nitrogen and oxygen atoms in total. The van der Waals surface area contributed by atoms with Crippen molar-refractivity contribution in [1.29, 1.82) is 0 Å². The summed E-state index contributed by atoms with van der Waals surface area (Å²) in [5.74, 6) is 0.599. The summed E-state index contributed by atoms with van der Waals surface area (Å²) < 4.78 is 0. The maximum absolute atomic E-state index is 11.7. The third kappa shape index (κ3) is 2.86. The molecule has 3 aromatic rings. The average molecular weight is 293 g/mol. The molecule has 0 saturated carbocycles. The van der Waals surface area contributed by atoms with Gasteiger partial charge in [-0.2, -0.15) is 5.10 Å². The summed E-state index contributed by atoms with van der Waals surface area (Å²) >= 11 is 0. The van der Waals surface area contributed by atoms with E-state index >= 15 is 0 Å². The Balaban J connectivity index is 1.92. The second kappa shape index (κ2) is 6.02. The van der Waals surface area contributed by atoms with E-state index in [9.17, 15) is 4.79 Å². The van der Waals surface area contributed by atoms with Gasteiger partial charge < -0.3 is 5.32 Å². The van der Waals surface area contributed by atoms with Crippen molar-refractivity contribution in [3.05, 3.63) is 48.0 Å². The van der Waals surface area contributed by atoms with Crippen molar-refractivity contribution in [2.24, 2.45) is 0 Å². The molecule has 2 N–H and O–H groups in total. The predicted molar refractivity (Wildman–Crippen MR) is 89.8 cm³/mol. The SMILES string of the molecule is CCCC(=O)Nc1n[nH]c2cc(-c3ccc(C)cc3)ccc12. The second-order valence-corrected chi connectivity index (χ2v) is 5.50. The zero-order valence-corrected chi connectivity index (χ0v) is 12.8. The van der Waals surface area contributed by atoms with E-state index in [1.807, 2.05) is 13.0 Å². The summed E-state index contributed by atoms with van der Waals surface area (Å²) in [5, 5.41) is 11.0. The summed E-state index contributed by atoms with van der Waals surface area (Å²) in [6, 6.07) is 14.5. The van der Waals surface area contributed by atoms with Gasteiger partial charge in [0.2, 0.25) is 5.91 Å². The molecular weight excluding hydrogens is 274 g/mol. The maximum Gasteiger partial charge on any atom is 0.225 e. The van der Waals surface area contributed by atoms with Crippen LogP contribution >= 0.6 is 0 Å². The molecule has 2 aromatic carbocycles. The average Bonchev–Trinajstić information content (AvgIpc) is 2.90. The number of H-pyrrole nitrogens is 1. The number of benzene rings is 2. The number of amides is 1. The normalized spacial score (nSPS) is 10.8. The fourth-order valence-corrected chi connectivity index (χ4v) is 2.46. The molecular formula is C18H19N3O. The molecule has 112 valence electrons. The summed E-state index contributed by atoms with van der Waals surface area (Å²) in [7, 11) is 0. The number of hydrogen-bond donors (Lipinski definition) is 2. The minimum absolute atomic E-state index is 0.00138. The molecule has 0 aliphatic carbocycles. The fourth-order valence-electron chi connectivity index (χ4n) is 2.46. The quantitative estimate of drug-likeness (QED) is 0.754. The van der Waals surface area contributed by atoms with Crippen molar-refractivity contribution in [1.82, 2.24) is 10.2 Å². The molecule has 0 atom stereocenters. The molecule has 0 fully saturated rings. The van der Waals surface area contributed by atoms with E-state index in [1.165, 1.54) is 11.1 Å². The van der Waals surface area contributed by atoms with E-state index < -0.39 is 0 Å². The van der Waals surface area contributed by atoms with Crippen LogP contribution in [0.4, 0.5) is 5.82 Å². The van der Waals surface area contributed by atoms with Gasteiger partial charge in [-0.1, -0.05) is 42.8 Å². The Bertz CT molecular complexity index is 803. The number of hydrogen-bond acceptors (Lipinski definition) is 2. The minimum atomic E-state index is -0.00138. The van der Waals surface area contributed by atoms with Crippen LogP contribution in [-0.2, 0) is 4.79 Å². The molecule has 22 heavy (non-hydrogen) atoms. The lowest BCUT2D eigenvalue weighted by molar-refractivity contribution is -0.116. The zero-order valence-electron chi connectivity index (χ0n) is 12.8. The second-order valence-electron chi connectivity index (χ2n) is 5.50. The van der Waals surface area contributed by atoms with Gasteiger partial charge in [0.1, 0.15) is 0 Å². The first-order valence-corrected chi connectivity index (χ1v) is 7.52. The summed E-state index contributed by atoms with van der Waals surface area (Å²) in [6.45, 7) is 4.06. The van der Waals surface area contributed by atoms with E-state index in [4.69, 9.17) is 0 Å². The monoisotopic (exact) mass is 293 g/mol. The van der Waals surface area contributed by atoms with Crippen LogP contribution in [0, 0.1) is 6.92 Å². The Labute approximate surface area is 129 Å². The summed E-state index contributed by atoms with van der Waals surface area (Å²) in [5.41, 5.74) is 4.46. The molecule has 0 aliphatic rings. The molecule has 0 saturated heterocycles. The highest BCUT2D eigenvalue weighted by molar-refractivity contribution is 6.00. The molecule has 1 heterocycles. The van der Waals surface area contributed by atoms with E-state index in [2.05, 4.69) is 58.8 Å². The number of aryl methyl sites for hydroxylation is 1. The van der Waals surface area contributed by atoms with Crippen molar-refractivity contribution >= 4 is 22.6 Å². The van der Waals surface area contributed by atoms with E-state index in [-0.39, 0.29) is 5.91 Å². The van der Waals surface area contributed by atoms with E-state index in [1.54, 1.807) is 0 Å². The standard InChI is InChI=1S/C18H19N3O/c1-3-4-17(22)19-18-15-10-9-14(11-16(15)20-21-18)13-7-5-12(2)6-8-13/h5-11H,3-4H2,1-2H3,(H2,19,20,21,22). The molecule has 0 spiro atoms. The summed E-state index contributed by atoms with van der Waals surface area (Å²) in [4.78, 5) is 11.7. The predicted octanol–water partition coefficient (Wildman–Crippen LogP) is 4.28. The number of aromatic nitrogens is 2. The lowest BCUT2D eigenvalue weighted by atomic mass is 10.0. The Morgan fingerprint density at radius 2 is 1.86 bits per heavy atom. The Morgan fingerprint density at radius 3 is 2.59 bits per heavy atom. The number of aromatic amines is 1. The molecule has 1 amide bonds. The first kappa shape index (κ1) is 14.3.